The Morgan fingerprint density at radius 1 is 1.12 bits per heavy atom. The van der Waals surface area contributed by atoms with Crippen molar-refractivity contribution in [2.24, 2.45) is 10.7 Å². The highest BCUT2D eigenvalue weighted by Gasteiger charge is 2.14. The number of nitrogens with zero attached hydrogens (tertiary/aromatic N) is 2. The first kappa shape index (κ1) is 19.5. The lowest BCUT2D eigenvalue weighted by atomic mass is 10.1. The zero-order chi connectivity index (χ0) is 16.8. The predicted octanol–water partition coefficient (Wildman–Crippen LogP) is 2.86. The van der Waals surface area contributed by atoms with E-state index in [0.29, 0.717) is 25.1 Å². The van der Waals surface area contributed by atoms with Crippen LogP contribution in [0.4, 0.5) is 0 Å². The van der Waals surface area contributed by atoms with Crippen LogP contribution in [0.5, 0.6) is 0 Å². The van der Waals surface area contributed by atoms with Crippen LogP contribution < -0.4 is 16.6 Å². The monoisotopic (exact) mass is 452 g/mol. The SMILES string of the molecule is I.NC(=NCc1ccc(Cn2ccccc2=O)cc1)NC1CCCC1. The average molecular weight is 452 g/mol. The third kappa shape index (κ3) is 5.88. The first-order valence-corrected chi connectivity index (χ1v) is 8.50. The van der Waals surface area contributed by atoms with Crippen molar-refractivity contribution in [3.63, 3.8) is 0 Å². The van der Waals surface area contributed by atoms with Gasteiger partial charge in [-0.25, -0.2) is 4.99 Å². The molecular weight excluding hydrogens is 427 g/mol. The van der Waals surface area contributed by atoms with E-state index in [4.69, 9.17) is 5.73 Å². The zero-order valence-electron chi connectivity index (χ0n) is 14.2. The maximum atomic E-state index is 11.7. The lowest BCUT2D eigenvalue weighted by molar-refractivity contribution is 0.625. The highest BCUT2D eigenvalue weighted by Crippen LogP contribution is 2.17. The van der Waals surface area contributed by atoms with Crippen LogP contribution in [0.25, 0.3) is 0 Å². The van der Waals surface area contributed by atoms with E-state index < -0.39 is 0 Å². The lowest BCUT2D eigenvalue weighted by Gasteiger charge is -2.12. The van der Waals surface area contributed by atoms with Gasteiger partial charge in [0, 0.05) is 18.3 Å². The number of rotatable bonds is 5. The molecule has 1 aromatic carbocycles. The Balaban J connectivity index is 0.00000225. The van der Waals surface area contributed by atoms with Crippen molar-refractivity contribution in [3.8, 4) is 0 Å². The highest BCUT2D eigenvalue weighted by molar-refractivity contribution is 14.0. The van der Waals surface area contributed by atoms with Gasteiger partial charge < -0.3 is 15.6 Å². The van der Waals surface area contributed by atoms with Gasteiger partial charge in [0.25, 0.3) is 5.56 Å². The molecule has 0 unspecified atom stereocenters. The smallest absolute Gasteiger partial charge is 0.250 e. The zero-order valence-corrected chi connectivity index (χ0v) is 16.6. The maximum Gasteiger partial charge on any atom is 0.250 e. The van der Waals surface area contributed by atoms with Gasteiger partial charge in [-0.15, -0.1) is 24.0 Å². The van der Waals surface area contributed by atoms with Crippen LogP contribution >= 0.6 is 24.0 Å². The Kier molecular flexibility index (Phi) is 7.49. The molecule has 5 nitrogen and oxygen atoms in total. The average Bonchev–Trinajstić information content (AvgIpc) is 3.09. The quantitative estimate of drug-likeness (QED) is 0.417. The second-order valence-corrected chi connectivity index (χ2v) is 6.31. The van der Waals surface area contributed by atoms with Crippen molar-refractivity contribution in [2.45, 2.75) is 44.8 Å². The number of halogens is 1. The number of aliphatic imine (C=N–C) groups is 1. The summed E-state index contributed by atoms with van der Waals surface area (Å²) in [7, 11) is 0. The molecule has 0 atom stereocenters. The fourth-order valence-corrected chi connectivity index (χ4v) is 3.04. The summed E-state index contributed by atoms with van der Waals surface area (Å²) in [5, 5.41) is 3.29. The molecule has 1 aliphatic rings. The maximum absolute atomic E-state index is 11.7. The van der Waals surface area contributed by atoms with E-state index in [2.05, 4.69) is 10.3 Å². The Morgan fingerprint density at radius 3 is 2.48 bits per heavy atom. The van der Waals surface area contributed by atoms with Crippen LogP contribution in [0, 0.1) is 0 Å². The van der Waals surface area contributed by atoms with E-state index in [0.717, 1.165) is 11.1 Å². The first-order chi connectivity index (χ1) is 11.7. The Morgan fingerprint density at radius 2 is 1.80 bits per heavy atom. The molecule has 0 radical (unpaired) electrons. The number of guanidine groups is 1. The lowest BCUT2D eigenvalue weighted by Crippen LogP contribution is -2.38. The van der Waals surface area contributed by atoms with Crippen LogP contribution in [-0.2, 0) is 13.1 Å². The molecule has 3 rings (SSSR count). The van der Waals surface area contributed by atoms with Gasteiger partial charge >= 0.3 is 0 Å². The second-order valence-electron chi connectivity index (χ2n) is 6.31. The largest absolute Gasteiger partial charge is 0.370 e. The number of nitrogens with two attached hydrogens (primary N) is 1. The summed E-state index contributed by atoms with van der Waals surface area (Å²) in [4.78, 5) is 16.1. The minimum atomic E-state index is 0. The predicted molar refractivity (Wildman–Crippen MR) is 112 cm³/mol. The second kappa shape index (κ2) is 9.60. The molecule has 0 aliphatic heterocycles. The van der Waals surface area contributed by atoms with Crippen LogP contribution in [0.2, 0.25) is 0 Å². The summed E-state index contributed by atoms with van der Waals surface area (Å²) in [6, 6.07) is 13.8. The van der Waals surface area contributed by atoms with Gasteiger partial charge in [-0.3, -0.25) is 4.79 Å². The Labute approximate surface area is 165 Å². The number of nitrogens with one attached hydrogen (secondary N) is 1. The van der Waals surface area contributed by atoms with Crippen molar-refractivity contribution in [3.05, 3.63) is 70.1 Å². The van der Waals surface area contributed by atoms with Crippen molar-refractivity contribution in [1.29, 1.82) is 0 Å². The molecule has 2 aromatic rings. The van der Waals surface area contributed by atoms with E-state index in [1.165, 1.54) is 25.7 Å². The van der Waals surface area contributed by atoms with Crippen molar-refractivity contribution in [1.82, 2.24) is 9.88 Å². The number of benzene rings is 1. The van der Waals surface area contributed by atoms with Crippen LogP contribution in [0.15, 0.2) is 58.4 Å². The van der Waals surface area contributed by atoms with Gasteiger partial charge in [-0.2, -0.15) is 0 Å². The molecule has 1 saturated carbocycles. The summed E-state index contributed by atoms with van der Waals surface area (Å²) in [6.07, 6.45) is 6.72. The van der Waals surface area contributed by atoms with E-state index in [1.54, 1.807) is 22.9 Å². The molecule has 1 aromatic heterocycles. The summed E-state index contributed by atoms with van der Waals surface area (Å²) in [5.74, 6) is 0.529. The first-order valence-electron chi connectivity index (χ1n) is 8.50. The number of aromatic nitrogens is 1. The van der Waals surface area contributed by atoms with E-state index in [9.17, 15) is 4.79 Å². The van der Waals surface area contributed by atoms with Crippen LogP contribution in [-0.4, -0.2) is 16.6 Å². The third-order valence-corrected chi connectivity index (χ3v) is 4.41. The molecule has 6 heteroatoms. The molecular formula is C19H25IN4O. The van der Waals surface area contributed by atoms with E-state index in [1.807, 2.05) is 30.3 Å². The topological polar surface area (TPSA) is 72.4 Å². The fourth-order valence-electron chi connectivity index (χ4n) is 3.04. The van der Waals surface area contributed by atoms with E-state index in [-0.39, 0.29) is 29.5 Å². The molecule has 0 amide bonds. The van der Waals surface area contributed by atoms with Gasteiger partial charge in [0.1, 0.15) is 0 Å². The summed E-state index contributed by atoms with van der Waals surface area (Å²) in [6.45, 7) is 1.14. The molecule has 3 N–H and O–H groups in total. The summed E-state index contributed by atoms with van der Waals surface area (Å²) >= 11 is 0. The molecule has 25 heavy (non-hydrogen) atoms. The van der Waals surface area contributed by atoms with E-state index >= 15 is 0 Å². The van der Waals surface area contributed by atoms with Crippen molar-refractivity contribution in [2.75, 3.05) is 0 Å². The Hall–Kier alpha value is -1.83. The van der Waals surface area contributed by atoms with Gasteiger partial charge in [0.2, 0.25) is 0 Å². The van der Waals surface area contributed by atoms with Crippen LogP contribution in [0.3, 0.4) is 0 Å². The highest BCUT2D eigenvalue weighted by atomic mass is 127. The standard InChI is InChI=1S/C19H24N4O.HI/c20-19(22-17-5-1-2-6-17)21-13-15-8-10-16(11-9-15)14-23-12-4-3-7-18(23)24;/h3-4,7-12,17H,1-2,5-6,13-14H2,(H3,20,21,22);1H. The Bertz CT molecular complexity index is 749. The number of hydrogen-bond acceptors (Lipinski definition) is 2. The van der Waals surface area contributed by atoms with Crippen molar-refractivity contribution < 1.29 is 0 Å². The summed E-state index contributed by atoms with van der Waals surface area (Å²) in [5.41, 5.74) is 8.16. The molecule has 134 valence electrons. The van der Waals surface area contributed by atoms with Gasteiger partial charge in [-0.05, 0) is 30.0 Å². The molecule has 0 spiro atoms. The third-order valence-electron chi connectivity index (χ3n) is 4.41. The molecule has 0 bridgehead atoms. The molecule has 1 aliphatic carbocycles. The fraction of sp³-hybridized carbons (Fsp3) is 0.368. The molecule has 1 fully saturated rings. The van der Waals surface area contributed by atoms with Gasteiger partial charge in [0.15, 0.2) is 5.96 Å². The van der Waals surface area contributed by atoms with Gasteiger partial charge in [-0.1, -0.05) is 43.2 Å². The molecule has 1 heterocycles. The minimum Gasteiger partial charge on any atom is -0.370 e. The summed E-state index contributed by atoms with van der Waals surface area (Å²) < 4.78 is 1.69. The van der Waals surface area contributed by atoms with Gasteiger partial charge in [0.05, 0.1) is 13.1 Å². The number of hydrogen-bond donors (Lipinski definition) is 2. The minimum absolute atomic E-state index is 0. The number of pyridine rings is 1. The van der Waals surface area contributed by atoms with Crippen molar-refractivity contribution >= 4 is 29.9 Å². The van der Waals surface area contributed by atoms with Crippen LogP contribution in [0.1, 0.15) is 36.8 Å². The molecule has 0 saturated heterocycles. The normalized spacial score (nSPS) is 15.0.